The SMILES string of the molecule is Cn1c(-c2ccc(Cl)s2)cnc1CCN. The molecule has 2 N–H and O–H groups in total. The highest BCUT2D eigenvalue weighted by Crippen LogP contribution is 2.30. The first-order valence-corrected chi connectivity index (χ1v) is 5.88. The van der Waals surface area contributed by atoms with Crippen LogP contribution in [0.15, 0.2) is 18.3 Å². The minimum Gasteiger partial charge on any atom is -0.330 e. The van der Waals surface area contributed by atoms with Gasteiger partial charge in [-0.3, -0.25) is 0 Å². The van der Waals surface area contributed by atoms with E-state index in [0.717, 1.165) is 27.2 Å². The number of halogens is 1. The monoisotopic (exact) mass is 241 g/mol. The molecule has 0 aliphatic heterocycles. The van der Waals surface area contributed by atoms with E-state index in [1.54, 1.807) is 11.3 Å². The smallest absolute Gasteiger partial charge is 0.110 e. The summed E-state index contributed by atoms with van der Waals surface area (Å²) in [6.07, 6.45) is 2.67. The second kappa shape index (κ2) is 4.35. The zero-order valence-electron chi connectivity index (χ0n) is 8.40. The molecule has 5 heteroatoms. The molecule has 3 nitrogen and oxygen atoms in total. The summed E-state index contributed by atoms with van der Waals surface area (Å²) in [5, 5.41) is 0. The highest BCUT2D eigenvalue weighted by Gasteiger charge is 2.09. The lowest BCUT2D eigenvalue weighted by molar-refractivity contribution is 0.783. The summed E-state index contributed by atoms with van der Waals surface area (Å²) >= 11 is 7.46. The predicted octanol–water partition coefficient (Wildman–Crippen LogP) is 2.30. The van der Waals surface area contributed by atoms with Crippen LogP contribution in [0.5, 0.6) is 0 Å². The van der Waals surface area contributed by atoms with Crippen LogP contribution in [0.4, 0.5) is 0 Å². The van der Waals surface area contributed by atoms with Crippen molar-refractivity contribution in [1.82, 2.24) is 9.55 Å². The van der Waals surface area contributed by atoms with E-state index < -0.39 is 0 Å². The molecule has 80 valence electrons. The quantitative estimate of drug-likeness (QED) is 0.896. The second-order valence-electron chi connectivity index (χ2n) is 3.26. The van der Waals surface area contributed by atoms with E-state index in [-0.39, 0.29) is 0 Å². The molecule has 0 saturated carbocycles. The van der Waals surface area contributed by atoms with Crippen molar-refractivity contribution in [3.8, 4) is 10.6 Å². The van der Waals surface area contributed by atoms with Gasteiger partial charge in [0.1, 0.15) is 5.82 Å². The number of nitrogens with zero attached hydrogens (tertiary/aromatic N) is 2. The van der Waals surface area contributed by atoms with Crippen LogP contribution >= 0.6 is 22.9 Å². The first kappa shape index (κ1) is 10.7. The standard InChI is InChI=1S/C10H12ClN3S/c1-14-7(6-13-10(14)4-5-12)8-2-3-9(11)15-8/h2-3,6H,4-5,12H2,1H3. The van der Waals surface area contributed by atoms with E-state index in [1.165, 1.54) is 0 Å². The zero-order chi connectivity index (χ0) is 10.8. The average molecular weight is 242 g/mol. The van der Waals surface area contributed by atoms with Gasteiger partial charge in [-0.05, 0) is 18.7 Å². The Bertz CT molecular complexity index is 461. The van der Waals surface area contributed by atoms with Gasteiger partial charge in [-0.25, -0.2) is 4.98 Å². The van der Waals surface area contributed by atoms with Crippen molar-refractivity contribution >= 4 is 22.9 Å². The zero-order valence-corrected chi connectivity index (χ0v) is 9.98. The lowest BCUT2D eigenvalue weighted by Gasteiger charge is -2.02. The number of aromatic nitrogens is 2. The lowest BCUT2D eigenvalue weighted by atomic mass is 10.3. The normalized spacial score (nSPS) is 10.9. The molecule has 0 radical (unpaired) electrons. The van der Waals surface area contributed by atoms with Crippen LogP contribution in [0.2, 0.25) is 4.34 Å². The van der Waals surface area contributed by atoms with Crippen molar-refractivity contribution < 1.29 is 0 Å². The third-order valence-electron chi connectivity index (χ3n) is 2.28. The average Bonchev–Trinajstić information content (AvgIpc) is 2.76. The van der Waals surface area contributed by atoms with Crippen LogP contribution in [0.1, 0.15) is 5.82 Å². The number of nitrogens with two attached hydrogens (primary N) is 1. The largest absolute Gasteiger partial charge is 0.330 e. The first-order valence-electron chi connectivity index (χ1n) is 4.68. The topological polar surface area (TPSA) is 43.8 Å². The van der Waals surface area contributed by atoms with Gasteiger partial charge >= 0.3 is 0 Å². The molecule has 0 atom stereocenters. The highest BCUT2D eigenvalue weighted by atomic mass is 35.5. The molecule has 2 aromatic rings. The first-order chi connectivity index (χ1) is 7.22. The van der Waals surface area contributed by atoms with Gasteiger partial charge in [-0.2, -0.15) is 0 Å². The van der Waals surface area contributed by atoms with Gasteiger partial charge in [0.25, 0.3) is 0 Å². The van der Waals surface area contributed by atoms with Gasteiger partial charge < -0.3 is 10.3 Å². The number of hydrogen-bond acceptors (Lipinski definition) is 3. The van der Waals surface area contributed by atoms with E-state index in [9.17, 15) is 0 Å². The Morgan fingerprint density at radius 2 is 2.33 bits per heavy atom. The molecule has 2 aromatic heterocycles. The molecule has 2 rings (SSSR count). The molecule has 0 unspecified atom stereocenters. The van der Waals surface area contributed by atoms with Gasteiger partial charge in [0.05, 0.1) is 21.1 Å². The van der Waals surface area contributed by atoms with Gasteiger partial charge in [0, 0.05) is 13.5 Å². The minimum atomic E-state index is 0.621. The molecule has 2 heterocycles. The predicted molar refractivity (Wildman–Crippen MR) is 64.3 cm³/mol. The lowest BCUT2D eigenvalue weighted by Crippen LogP contribution is -2.08. The van der Waals surface area contributed by atoms with Crippen molar-refractivity contribution in [2.24, 2.45) is 12.8 Å². The Morgan fingerprint density at radius 1 is 1.53 bits per heavy atom. The molecular weight excluding hydrogens is 230 g/mol. The fourth-order valence-corrected chi connectivity index (χ4v) is 2.58. The van der Waals surface area contributed by atoms with Crippen LogP contribution in [-0.4, -0.2) is 16.1 Å². The number of rotatable bonds is 3. The van der Waals surface area contributed by atoms with Crippen molar-refractivity contribution in [2.45, 2.75) is 6.42 Å². The number of imidazole rings is 1. The van der Waals surface area contributed by atoms with E-state index in [1.807, 2.05) is 25.4 Å². The Hall–Kier alpha value is -0.840. The maximum absolute atomic E-state index is 5.90. The van der Waals surface area contributed by atoms with Crippen molar-refractivity contribution in [2.75, 3.05) is 6.54 Å². The van der Waals surface area contributed by atoms with Crippen molar-refractivity contribution in [3.05, 3.63) is 28.5 Å². The van der Waals surface area contributed by atoms with E-state index in [2.05, 4.69) is 9.55 Å². The van der Waals surface area contributed by atoms with Crippen LogP contribution in [-0.2, 0) is 13.5 Å². The summed E-state index contributed by atoms with van der Waals surface area (Å²) < 4.78 is 2.86. The molecule has 0 spiro atoms. The van der Waals surface area contributed by atoms with Crippen molar-refractivity contribution in [3.63, 3.8) is 0 Å². The van der Waals surface area contributed by atoms with Gasteiger partial charge in [-0.15, -0.1) is 11.3 Å². The Labute approximate surface area is 97.5 Å². The Kier molecular flexibility index (Phi) is 3.09. The van der Waals surface area contributed by atoms with Crippen molar-refractivity contribution in [1.29, 1.82) is 0 Å². The van der Waals surface area contributed by atoms with Gasteiger partial charge in [0.2, 0.25) is 0 Å². The molecule has 0 fully saturated rings. The molecule has 0 saturated heterocycles. The van der Waals surface area contributed by atoms with Crippen LogP contribution in [0, 0.1) is 0 Å². The van der Waals surface area contributed by atoms with E-state index >= 15 is 0 Å². The number of thiophene rings is 1. The second-order valence-corrected chi connectivity index (χ2v) is 4.98. The molecule has 0 bridgehead atoms. The van der Waals surface area contributed by atoms with Gasteiger partial charge in [0.15, 0.2) is 0 Å². The third-order valence-corrected chi connectivity index (χ3v) is 3.53. The fraction of sp³-hybridized carbons (Fsp3) is 0.300. The maximum Gasteiger partial charge on any atom is 0.110 e. The summed E-state index contributed by atoms with van der Waals surface area (Å²) in [5.74, 6) is 1.01. The van der Waals surface area contributed by atoms with Crippen LogP contribution in [0.25, 0.3) is 10.6 Å². The molecular formula is C10H12ClN3S. The molecule has 0 aliphatic rings. The summed E-state index contributed by atoms with van der Waals surface area (Å²) in [7, 11) is 2.00. The maximum atomic E-state index is 5.90. The van der Waals surface area contributed by atoms with Crippen LogP contribution in [0.3, 0.4) is 0 Å². The minimum absolute atomic E-state index is 0.621. The summed E-state index contributed by atoms with van der Waals surface area (Å²) in [5.41, 5.74) is 6.60. The third kappa shape index (κ3) is 2.07. The molecule has 0 aromatic carbocycles. The highest BCUT2D eigenvalue weighted by molar-refractivity contribution is 7.19. The summed E-state index contributed by atoms with van der Waals surface area (Å²) in [6, 6.07) is 3.91. The molecule has 0 amide bonds. The fourth-order valence-electron chi connectivity index (χ4n) is 1.49. The molecule has 15 heavy (non-hydrogen) atoms. The number of hydrogen-bond donors (Lipinski definition) is 1. The summed E-state index contributed by atoms with van der Waals surface area (Å²) in [4.78, 5) is 5.47. The van der Waals surface area contributed by atoms with Gasteiger partial charge in [-0.1, -0.05) is 11.6 Å². The van der Waals surface area contributed by atoms with Crippen LogP contribution < -0.4 is 5.73 Å². The Balaban J connectivity index is 2.37. The molecule has 0 aliphatic carbocycles. The van der Waals surface area contributed by atoms with E-state index in [0.29, 0.717) is 6.54 Å². The Morgan fingerprint density at radius 3 is 2.93 bits per heavy atom. The van der Waals surface area contributed by atoms with E-state index in [4.69, 9.17) is 17.3 Å². The summed E-state index contributed by atoms with van der Waals surface area (Å²) in [6.45, 7) is 0.621.